The summed E-state index contributed by atoms with van der Waals surface area (Å²) in [6, 6.07) is 0.671. The topological polar surface area (TPSA) is 12.0 Å². The lowest BCUT2D eigenvalue weighted by atomic mass is 9.85. The standard InChI is InChI=1S/C13H24F3N/c1-4-9(2)10(3)17-12-7-5-11(6-8-12)13(14,15)16/h9-12,17H,4-8H2,1-3H3. The maximum Gasteiger partial charge on any atom is 0.391 e. The molecular weight excluding hydrogens is 227 g/mol. The fourth-order valence-corrected chi connectivity index (χ4v) is 2.48. The van der Waals surface area contributed by atoms with Crippen LogP contribution in [0.4, 0.5) is 13.2 Å². The van der Waals surface area contributed by atoms with Gasteiger partial charge in [0.1, 0.15) is 0 Å². The molecule has 0 spiro atoms. The SMILES string of the molecule is CCC(C)C(C)NC1CCC(C(F)(F)F)CC1. The summed E-state index contributed by atoms with van der Waals surface area (Å²) in [4.78, 5) is 0. The molecule has 1 saturated carbocycles. The normalized spacial score (nSPS) is 30.0. The van der Waals surface area contributed by atoms with Gasteiger partial charge in [0.25, 0.3) is 0 Å². The largest absolute Gasteiger partial charge is 0.391 e. The van der Waals surface area contributed by atoms with Crippen molar-refractivity contribution in [3.05, 3.63) is 0 Å². The Morgan fingerprint density at radius 3 is 2.06 bits per heavy atom. The minimum absolute atomic E-state index is 0.276. The average Bonchev–Trinajstić information content (AvgIpc) is 2.27. The van der Waals surface area contributed by atoms with Crippen LogP contribution in [-0.2, 0) is 0 Å². The zero-order chi connectivity index (χ0) is 13.1. The van der Waals surface area contributed by atoms with Gasteiger partial charge in [0, 0.05) is 12.1 Å². The van der Waals surface area contributed by atoms with Gasteiger partial charge in [-0.1, -0.05) is 20.3 Å². The van der Waals surface area contributed by atoms with Crippen LogP contribution in [-0.4, -0.2) is 18.3 Å². The Morgan fingerprint density at radius 1 is 1.12 bits per heavy atom. The average molecular weight is 251 g/mol. The van der Waals surface area contributed by atoms with Gasteiger partial charge in [-0.15, -0.1) is 0 Å². The summed E-state index contributed by atoms with van der Waals surface area (Å²) in [6.07, 6.45) is -1.00. The van der Waals surface area contributed by atoms with Crippen LogP contribution in [0.15, 0.2) is 0 Å². The molecular formula is C13H24F3N. The van der Waals surface area contributed by atoms with E-state index in [-0.39, 0.29) is 18.9 Å². The lowest BCUT2D eigenvalue weighted by Gasteiger charge is -2.33. The molecule has 1 nitrogen and oxygen atoms in total. The monoisotopic (exact) mass is 251 g/mol. The first kappa shape index (κ1) is 14.8. The Kier molecular flexibility index (Phi) is 5.29. The number of alkyl halides is 3. The van der Waals surface area contributed by atoms with Gasteiger partial charge in [0.15, 0.2) is 0 Å². The fourth-order valence-electron chi connectivity index (χ4n) is 2.48. The second-order valence-electron chi connectivity index (χ2n) is 5.43. The van der Waals surface area contributed by atoms with Crippen LogP contribution >= 0.6 is 0 Å². The molecule has 17 heavy (non-hydrogen) atoms. The summed E-state index contributed by atoms with van der Waals surface area (Å²) < 4.78 is 37.5. The van der Waals surface area contributed by atoms with Gasteiger partial charge in [0.05, 0.1) is 5.92 Å². The molecule has 0 saturated heterocycles. The number of rotatable bonds is 4. The van der Waals surface area contributed by atoms with Crippen LogP contribution in [0.3, 0.4) is 0 Å². The number of nitrogens with one attached hydrogen (secondary N) is 1. The van der Waals surface area contributed by atoms with Crippen LogP contribution in [0, 0.1) is 11.8 Å². The van der Waals surface area contributed by atoms with Crippen molar-refractivity contribution in [2.24, 2.45) is 11.8 Å². The lowest BCUT2D eigenvalue weighted by Crippen LogP contribution is -2.43. The molecule has 1 N–H and O–H groups in total. The van der Waals surface area contributed by atoms with E-state index in [4.69, 9.17) is 0 Å². The van der Waals surface area contributed by atoms with Gasteiger partial charge < -0.3 is 5.32 Å². The van der Waals surface area contributed by atoms with E-state index in [0.29, 0.717) is 24.8 Å². The van der Waals surface area contributed by atoms with Crippen LogP contribution in [0.25, 0.3) is 0 Å². The number of halogens is 3. The van der Waals surface area contributed by atoms with Crippen molar-refractivity contribution in [1.82, 2.24) is 5.32 Å². The zero-order valence-electron chi connectivity index (χ0n) is 11.0. The van der Waals surface area contributed by atoms with Crippen molar-refractivity contribution in [2.75, 3.05) is 0 Å². The molecule has 0 aromatic heterocycles. The van der Waals surface area contributed by atoms with E-state index in [0.717, 1.165) is 6.42 Å². The van der Waals surface area contributed by atoms with Crippen molar-refractivity contribution in [1.29, 1.82) is 0 Å². The summed E-state index contributed by atoms with van der Waals surface area (Å²) in [5.41, 5.74) is 0. The van der Waals surface area contributed by atoms with Crippen molar-refractivity contribution in [3.63, 3.8) is 0 Å². The highest BCUT2D eigenvalue weighted by molar-refractivity contribution is 4.83. The third kappa shape index (κ3) is 4.49. The highest BCUT2D eigenvalue weighted by Gasteiger charge is 2.41. The summed E-state index contributed by atoms with van der Waals surface area (Å²) in [6.45, 7) is 6.45. The predicted octanol–water partition coefficient (Wildman–Crippen LogP) is 4.13. The van der Waals surface area contributed by atoms with Crippen LogP contribution < -0.4 is 5.32 Å². The molecule has 0 aromatic carbocycles. The Morgan fingerprint density at radius 2 is 1.65 bits per heavy atom. The molecule has 2 atom stereocenters. The van der Waals surface area contributed by atoms with Gasteiger partial charge in [-0.3, -0.25) is 0 Å². The van der Waals surface area contributed by atoms with E-state index in [1.807, 2.05) is 0 Å². The van der Waals surface area contributed by atoms with E-state index in [1.165, 1.54) is 0 Å². The van der Waals surface area contributed by atoms with E-state index in [2.05, 4.69) is 26.1 Å². The minimum atomic E-state index is -3.99. The summed E-state index contributed by atoms with van der Waals surface area (Å²) in [5.74, 6) is -0.491. The molecule has 102 valence electrons. The fraction of sp³-hybridized carbons (Fsp3) is 1.00. The number of hydrogen-bond acceptors (Lipinski definition) is 1. The summed E-state index contributed by atoms with van der Waals surface area (Å²) in [5, 5.41) is 3.47. The molecule has 1 rings (SSSR count). The Balaban J connectivity index is 2.33. The molecule has 1 aliphatic carbocycles. The van der Waals surface area contributed by atoms with Gasteiger partial charge in [0.2, 0.25) is 0 Å². The van der Waals surface area contributed by atoms with Crippen LogP contribution in [0.1, 0.15) is 52.9 Å². The Bertz CT molecular complexity index is 219. The van der Waals surface area contributed by atoms with E-state index in [9.17, 15) is 13.2 Å². The van der Waals surface area contributed by atoms with Crippen LogP contribution in [0.5, 0.6) is 0 Å². The van der Waals surface area contributed by atoms with Crippen molar-refractivity contribution >= 4 is 0 Å². The number of hydrogen-bond donors (Lipinski definition) is 1. The van der Waals surface area contributed by atoms with E-state index < -0.39 is 12.1 Å². The zero-order valence-corrected chi connectivity index (χ0v) is 11.0. The lowest BCUT2D eigenvalue weighted by molar-refractivity contribution is -0.182. The van der Waals surface area contributed by atoms with Gasteiger partial charge in [-0.05, 0) is 38.5 Å². The quantitative estimate of drug-likeness (QED) is 0.792. The summed E-state index contributed by atoms with van der Waals surface area (Å²) in [7, 11) is 0. The molecule has 1 fully saturated rings. The molecule has 0 amide bonds. The Hall–Kier alpha value is -0.250. The molecule has 0 radical (unpaired) electrons. The molecule has 0 heterocycles. The van der Waals surface area contributed by atoms with Gasteiger partial charge in [-0.25, -0.2) is 0 Å². The van der Waals surface area contributed by atoms with Crippen molar-refractivity contribution < 1.29 is 13.2 Å². The van der Waals surface area contributed by atoms with E-state index in [1.54, 1.807) is 0 Å². The second kappa shape index (κ2) is 6.07. The third-order valence-electron chi connectivity index (χ3n) is 4.19. The maximum absolute atomic E-state index is 12.5. The highest BCUT2D eigenvalue weighted by Crippen LogP contribution is 2.37. The maximum atomic E-state index is 12.5. The second-order valence-corrected chi connectivity index (χ2v) is 5.43. The molecule has 2 unspecified atom stereocenters. The van der Waals surface area contributed by atoms with Crippen LogP contribution in [0.2, 0.25) is 0 Å². The molecule has 4 heteroatoms. The summed E-state index contributed by atoms with van der Waals surface area (Å²) >= 11 is 0. The van der Waals surface area contributed by atoms with Crippen molar-refractivity contribution in [2.45, 2.75) is 71.1 Å². The molecule has 0 aliphatic heterocycles. The first-order valence-electron chi connectivity index (χ1n) is 6.67. The predicted molar refractivity (Wildman–Crippen MR) is 63.9 cm³/mol. The molecule has 0 bridgehead atoms. The van der Waals surface area contributed by atoms with Gasteiger partial charge >= 0.3 is 6.18 Å². The first-order valence-corrected chi connectivity index (χ1v) is 6.67. The van der Waals surface area contributed by atoms with Gasteiger partial charge in [-0.2, -0.15) is 13.2 Å². The van der Waals surface area contributed by atoms with E-state index >= 15 is 0 Å². The first-order chi connectivity index (χ1) is 7.84. The molecule has 1 aliphatic rings. The molecule has 0 aromatic rings. The highest BCUT2D eigenvalue weighted by atomic mass is 19.4. The minimum Gasteiger partial charge on any atom is -0.311 e. The smallest absolute Gasteiger partial charge is 0.311 e. The third-order valence-corrected chi connectivity index (χ3v) is 4.19. The Labute approximate surface area is 102 Å². The van der Waals surface area contributed by atoms with Crippen molar-refractivity contribution in [3.8, 4) is 0 Å².